The summed E-state index contributed by atoms with van der Waals surface area (Å²) in [5.41, 5.74) is 2.25. The Balaban J connectivity index is 1.44. The number of carbonyl (C=O) groups excluding carboxylic acids is 2. The van der Waals surface area contributed by atoms with Crippen LogP contribution < -0.4 is 10.6 Å². The summed E-state index contributed by atoms with van der Waals surface area (Å²) in [5.74, 6) is -0.509. The molecule has 0 aliphatic carbocycles. The zero-order valence-corrected chi connectivity index (χ0v) is 21.9. The molecule has 10 heteroatoms. The minimum absolute atomic E-state index is 0.0279. The van der Waals surface area contributed by atoms with E-state index < -0.39 is 12.1 Å². The summed E-state index contributed by atoms with van der Waals surface area (Å²) in [6.45, 7) is 3.59. The summed E-state index contributed by atoms with van der Waals surface area (Å²) in [7, 11) is 1.73. The molecule has 0 saturated carbocycles. The van der Waals surface area contributed by atoms with Crippen LogP contribution in [0, 0.1) is 11.7 Å². The number of hydrogen-bond donors (Lipinski definition) is 2. The number of hydrogen-bond acceptors (Lipinski definition) is 7. The Morgan fingerprint density at radius 3 is 2.65 bits per heavy atom. The molecule has 2 amide bonds. The monoisotopic (exact) mass is 525 g/mol. The maximum absolute atomic E-state index is 14.0. The highest BCUT2D eigenvalue weighted by Gasteiger charge is 2.40. The number of nitrogens with zero attached hydrogens (tertiary/aromatic N) is 3. The third kappa shape index (κ3) is 5.37. The highest BCUT2D eigenvalue weighted by molar-refractivity contribution is 7.18. The largest absolute Gasteiger partial charge is 0.381 e. The van der Waals surface area contributed by atoms with E-state index in [2.05, 4.69) is 15.6 Å². The Bertz CT molecular complexity index is 1260. The van der Waals surface area contributed by atoms with Gasteiger partial charge in [-0.1, -0.05) is 0 Å². The highest BCUT2D eigenvalue weighted by Crippen LogP contribution is 2.39. The molecule has 196 valence electrons. The molecular weight excluding hydrogens is 493 g/mol. The molecule has 2 saturated heterocycles. The van der Waals surface area contributed by atoms with Gasteiger partial charge in [-0.25, -0.2) is 9.37 Å². The first-order valence-corrected chi connectivity index (χ1v) is 13.6. The summed E-state index contributed by atoms with van der Waals surface area (Å²) in [6.07, 6.45) is 4.89. The van der Waals surface area contributed by atoms with Crippen LogP contribution in [0.1, 0.15) is 43.7 Å². The van der Waals surface area contributed by atoms with Crippen molar-refractivity contribution in [2.75, 3.05) is 26.8 Å². The predicted octanol–water partition coefficient (Wildman–Crippen LogP) is 3.68. The van der Waals surface area contributed by atoms with Crippen molar-refractivity contribution in [3.63, 3.8) is 0 Å². The Morgan fingerprint density at radius 1 is 1.16 bits per heavy atom. The Morgan fingerprint density at radius 2 is 1.92 bits per heavy atom. The van der Waals surface area contributed by atoms with Crippen LogP contribution in [0.4, 0.5) is 4.39 Å². The van der Waals surface area contributed by atoms with Gasteiger partial charge in [0.2, 0.25) is 11.8 Å². The van der Waals surface area contributed by atoms with Crippen LogP contribution in [0.25, 0.3) is 21.5 Å². The number of benzene rings is 1. The second kappa shape index (κ2) is 11.2. The van der Waals surface area contributed by atoms with E-state index in [-0.39, 0.29) is 29.6 Å². The molecular formula is C27H32FN5O3S. The smallest absolute Gasteiger partial charge is 0.246 e. The second-order valence-electron chi connectivity index (χ2n) is 9.70. The van der Waals surface area contributed by atoms with Crippen molar-refractivity contribution in [2.45, 2.75) is 50.7 Å². The molecule has 2 fully saturated rings. The second-order valence-corrected chi connectivity index (χ2v) is 10.8. The molecule has 0 bridgehead atoms. The minimum atomic E-state index is -0.598. The molecule has 2 aliphatic rings. The zero-order valence-electron chi connectivity index (χ0n) is 21.1. The number of pyridine rings is 1. The number of amides is 2. The zero-order chi connectivity index (χ0) is 25.9. The summed E-state index contributed by atoms with van der Waals surface area (Å²) in [5, 5.41) is 6.86. The summed E-state index contributed by atoms with van der Waals surface area (Å²) >= 11 is 1.56. The van der Waals surface area contributed by atoms with E-state index in [0.717, 1.165) is 46.5 Å². The first-order valence-electron chi connectivity index (χ1n) is 12.8. The number of aromatic nitrogens is 2. The van der Waals surface area contributed by atoms with E-state index >= 15 is 0 Å². The molecule has 2 N–H and O–H groups in total. The highest BCUT2D eigenvalue weighted by atomic mass is 32.1. The van der Waals surface area contributed by atoms with Gasteiger partial charge in [-0.15, -0.1) is 11.3 Å². The summed E-state index contributed by atoms with van der Waals surface area (Å²) in [4.78, 5) is 38.2. The number of likely N-dealkylation sites (tertiary alicyclic amines) is 1. The molecule has 3 atom stereocenters. The SMILES string of the molecule is CN[C@@H](C)C(=O)N[C@H](C(=O)N1CCC[C@H]1c1nc2c(-c3ccc(F)cc3)nccc2s1)C1CCOCC1. The molecule has 3 aromatic rings. The van der Waals surface area contributed by atoms with Gasteiger partial charge in [0.25, 0.3) is 0 Å². The van der Waals surface area contributed by atoms with Gasteiger partial charge >= 0.3 is 0 Å². The van der Waals surface area contributed by atoms with E-state index in [1.54, 1.807) is 43.6 Å². The van der Waals surface area contributed by atoms with Gasteiger partial charge in [-0.05, 0) is 75.9 Å². The van der Waals surface area contributed by atoms with Crippen LogP contribution in [0.3, 0.4) is 0 Å². The lowest BCUT2D eigenvalue weighted by Crippen LogP contribution is -2.56. The number of fused-ring (bicyclic) bond motifs is 1. The first-order chi connectivity index (χ1) is 18.0. The van der Waals surface area contributed by atoms with Crippen molar-refractivity contribution in [3.8, 4) is 11.3 Å². The maximum Gasteiger partial charge on any atom is 0.246 e. The molecule has 0 unspecified atom stereocenters. The van der Waals surface area contributed by atoms with Crippen LogP contribution in [0.15, 0.2) is 36.5 Å². The quantitative estimate of drug-likeness (QED) is 0.489. The van der Waals surface area contributed by atoms with Crippen molar-refractivity contribution in [3.05, 3.63) is 47.4 Å². The van der Waals surface area contributed by atoms with Gasteiger partial charge in [0.05, 0.1) is 22.5 Å². The van der Waals surface area contributed by atoms with E-state index in [9.17, 15) is 14.0 Å². The molecule has 2 aliphatic heterocycles. The van der Waals surface area contributed by atoms with Crippen molar-refractivity contribution < 1.29 is 18.7 Å². The number of carbonyl (C=O) groups is 2. The number of thiazole rings is 1. The topological polar surface area (TPSA) is 96.5 Å². The van der Waals surface area contributed by atoms with E-state index in [4.69, 9.17) is 9.72 Å². The van der Waals surface area contributed by atoms with Gasteiger partial charge in [0.1, 0.15) is 22.4 Å². The fourth-order valence-electron chi connectivity index (χ4n) is 5.14. The average molecular weight is 526 g/mol. The van der Waals surface area contributed by atoms with Crippen molar-refractivity contribution >= 4 is 33.4 Å². The number of ether oxygens (including phenoxy) is 1. The van der Waals surface area contributed by atoms with Crippen LogP contribution in [0.5, 0.6) is 0 Å². The maximum atomic E-state index is 14.0. The number of halogens is 1. The molecule has 2 aromatic heterocycles. The number of nitrogens with one attached hydrogen (secondary N) is 2. The molecule has 5 rings (SSSR count). The normalized spacial score (nSPS) is 20.2. The molecule has 4 heterocycles. The van der Waals surface area contributed by atoms with Crippen molar-refractivity contribution in [1.82, 2.24) is 25.5 Å². The fourth-order valence-corrected chi connectivity index (χ4v) is 6.25. The lowest BCUT2D eigenvalue weighted by molar-refractivity contribution is -0.140. The fraction of sp³-hybridized carbons (Fsp3) is 0.481. The van der Waals surface area contributed by atoms with Crippen molar-refractivity contribution in [2.24, 2.45) is 5.92 Å². The Hall–Kier alpha value is -2.95. The predicted molar refractivity (Wildman–Crippen MR) is 140 cm³/mol. The van der Waals surface area contributed by atoms with Gasteiger partial charge < -0.3 is 20.3 Å². The van der Waals surface area contributed by atoms with Crippen LogP contribution in [0.2, 0.25) is 0 Å². The summed E-state index contributed by atoms with van der Waals surface area (Å²) < 4.78 is 20.0. The molecule has 0 spiro atoms. The minimum Gasteiger partial charge on any atom is -0.381 e. The van der Waals surface area contributed by atoms with Gasteiger partial charge in [-0.2, -0.15) is 0 Å². The third-order valence-corrected chi connectivity index (χ3v) is 8.51. The molecule has 8 nitrogen and oxygen atoms in total. The van der Waals surface area contributed by atoms with Crippen LogP contribution in [-0.2, 0) is 14.3 Å². The third-order valence-electron chi connectivity index (χ3n) is 7.39. The standard InChI is InChI=1S/C27H32FN5O3S/c1-16(29-2)25(34)31-23(18-10-14-36-15-11-18)27(35)33-13-3-4-20(33)26-32-24-21(37-26)9-12-30-22(24)17-5-7-19(28)8-6-17/h5-9,12,16,18,20,23,29H,3-4,10-11,13-15H2,1-2H3,(H,31,34)/t16-,20-,23-/m0/s1. The number of rotatable bonds is 7. The van der Waals surface area contributed by atoms with Crippen LogP contribution in [-0.4, -0.2) is 65.6 Å². The summed E-state index contributed by atoms with van der Waals surface area (Å²) in [6, 6.07) is 7.01. The van der Waals surface area contributed by atoms with Crippen LogP contribution >= 0.6 is 11.3 Å². The molecule has 37 heavy (non-hydrogen) atoms. The van der Waals surface area contributed by atoms with Gasteiger partial charge in [0.15, 0.2) is 0 Å². The Kier molecular flexibility index (Phi) is 7.78. The van der Waals surface area contributed by atoms with Gasteiger partial charge in [-0.3, -0.25) is 14.6 Å². The van der Waals surface area contributed by atoms with Crippen molar-refractivity contribution in [1.29, 1.82) is 0 Å². The number of likely N-dealkylation sites (N-methyl/N-ethyl adjacent to an activating group) is 1. The lowest BCUT2D eigenvalue weighted by Gasteiger charge is -2.35. The lowest BCUT2D eigenvalue weighted by atomic mass is 9.90. The van der Waals surface area contributed by atoms with E-state index in [0.29, 0.717) is 25.5 Å². The Labute approximate surface area is 219 Å². The molecule has 0 radical (unpaired) electrons. The van der Waals surface area contributed by atoms with E-state index in [1.165, 1.54) is 12.1 Å². The average Bonchev–Trinajstić information content (AvgIpc) is 3.59. The first kappa shape index (κ1) is 25.7. The molecule has 1 aromatic carbocycles. The van der Waals surface area contributed by atoms with E-state index in [1.807, 2.05) is 11.0 Å². The van der Waals surface area contributed by atoms with Gasteiger partial charge in [0, 0.05) is 31.5 Å².